The first kappa shape index (κ1) is 26.6. The molecule has 11 rings (SSSR count). The molecule has 0 atom stereocenters. The molecule has 0 nitrogen and oxygen atoms in total. The summed E-state index contributed by atoms with van der Waals surface area (Å²) < 4.78 is 0. The van der Waals surface area contributed by atoms with Gasteiger partial charge in [-0.1, -0.05) is 108 Å². The number of benzene rings is 11. The van der Waals surface area contributed by atoms with Gasteiger partial charge in [0.15, 0.2) is 0 Å². The van der Waals surface area contributed by atoms with Crippen molar-refractivity contribution >= 4 is 86.2 Å². The fourth-order valence-corrected chi connectivity index (χ4v) is 10.4. The molecule has 0 N–H and O–H groups in total. The lowest BCUT2D eigenvalue weighted by Gasteiger charge is -2.28. The van der Waals surface area contributed by atoms with E-state index in [0.717, 1.165) is 0 Å². The highest BCUT2D eigenvalue weighted by atomic mass is 14.3. The van der Waals surface area contributed by atoms with E-state index < -0.39 is 0 Å². The second-order valence-electron chi connectivity index (χ2n) is 14.7. The SMILES string of the molecule is Cc1cc(C)c(-c2c3cccc4c5cccc6c(-c7c(C)cc(C)cc7C)c7ccc8ccc9ccc2c2c9c8c7c(c65)c2c34)c(C)c1. The van der Waals surface area contributed by atoms with E-state index in [-0.39, 0.29) is 0 Å². The van der Waals surface area contributed by atoms with Gasteiger partial charge in [0.05, 0.1) is 0 Å². The molecule has 0 aliphatic heterocycles. The minimum Gasteiger partial charge on any atom is -0.0610 e. The van der Waals surface area contributed by atoms with Crippen molar-refractivity contribution in [3.05, 3.63) is 130 Å². The quantitative estimate of drug-likeness (QED) is 0.135. The van der Waals surface area contributed by atoms with Gasteiger partial charge in [-0.05, 0) is 172 Å². The highest BCUT2D eigenvalue weighted by Gasteiger charge is 2.29. The highest BCUT2D eigenvalue weighted by Crippen LogP contribution is 2.57. The lowest BCUT2D eigenvalue weighted by atomic mass is 9.74. The molecular formula is C48H34. The van der Waals surface area contributed by atoms with Crippen LogP contribution in [-0.4, -0.2) is 0 Å². The van der Waals surface area contributed by atoms with Crippen LogP contribution >= 0.6 is 0 Å². The van der Waals surface area contributed by atoms with Crippen LogP contribution < -0.4 is 0 Å². The zero-order chi connectivity index (χ0) is 32.3. The molecule has 0 spiro atoms. The normalized spacial score (nSPS) is 12.8. The van der Waals surface area contributed by atoms with Crippen LogP contribution in [0.1, 0.15) is 33.4 Å². The Morgan fingerprint density at radius 3 is 1.00 bits per heavy atom. The van der Waals surface area contributed by atoms with Crippen LogP contribution in [-0.2, 0) is 0 Å². The van der Waals surface area contributed by atoms with E-state index >= 15 is 0 Å². The summed E-state index contributed by atoms with van der Waals surface area (Å²) in [6.45, 7) is 13.6. The Labute approximate surface area is 279 Å². The van der Waals surface area contributed by atoms with Crippen LogP contribution in [0.15, 0.2) is 97.1 Å². The van der Waals surface area contributed by atoms with E-state index in [2.05, 4.69) is 139 Å². The maximum atomic E-state index is 2.43. The summed E-state index contributed by atoms with van der Waals surface area (Å²) in [6, 6.07) is 37.9. The molecule has 0 saturated heterocycles. The zero-order valence-electron chi connectivity index (χ0n) is 28.2. The van der Waals surface area contributed by atoms with E-state index in [1.165, 1.54) is 142 Å². The number of hydrogen-bond donors (Lipinski definition) is 0. The van der Waals surface area contributed by atoms with Gasteiger partial charge in [0.1, 0.15) is 0 Å². The highest BCUT2D eigenvalue weighted by molar-refractivity contribution is 6.53. The van der Waals surface area contributed by atoms with Gasteiger partial charge in [-0.2, -0.15) is 0 Å². The Hall–Kier alpha value is -5.46. The fourth-order valence-electron chi connectivity index (χ4n) is 10.4. The third kappa shape index (κ3) is 2.99. The van der Waals surface area contributed by atoms with Crippen molar-refractivity contribution in [1.29, 1.82) is 0 Å². The Balaban J connectivity index is 1.52. The maximum absolute atomic E-state index is 2.43. The summed E-state index contributed by atoms with van der Waals surface area (Å²) in [5, 5.41) is 22.2. The van der Waals surface area contributed by atoms with Crippen molar-refractivity contribution < 1.29 is 0 Å². The van der Waals surface area contributed by atoms with Crippen molar-refractivity contribution in [3.63, 3.8) is 0 Å². The molecule has 0 saturated carbocycles. The van der Waals surface area contributed by atoms with Crippen LogP contribution in [0, 0.1) is 41.5 Å². The predicted molar refractivity (Wildman–Crippen MR) is 211 cm³/mol. The molecule has 0 aromatic heterocycles. The third-order valence-electron chi connectivity index (χ3n) is 11.8. The minimum absolute atomic E-state index is 1.32. The van der Waals surface area contributed by atoms with Crippen molar-refractivity contribution in [2.45, 2.75) is 41.5 Å². The van der Waals surface area contributed by atoms with Gasteiger partial charge in [-0.25, -0.2) is 0 Å². The summed E-state index contributed by atoms with van der Waals surface area (Å²) in [7, 11) is 0. The van der Waals surface area contributed by atoms with E-state index in [9.17, 15) is 0 Å². The van der Waals surface area contributed by atoms with Gasteiger partial charge in [0, 0.05) is 0 Å². The first-order valence-electron chi connectivity index (χ1n) is 17.3. The van der Waals surface area contributed by atoms with Crippen LogP contribution in [0.2, 0.25) is 0 Å². The Bertz CT molecular complexity index is 2890. The molecule has 0 bridgehead atoms. The number of hydrogen-bond acceptors (Lipinski definition) is 0. The van der Waals surface area contributed by atoms with Crippen molar-refractivity contribution in [1.82, 2.24) is 0 Å². The second-order valence-corrected chi connectivity index (χ2v) is 14.7. The van der Waals surface area contributed by atoms with E-state index in [0.29, 0.717) is 0 Å². The van der Waals surface area contributed by atoms with Gasteiger partial charge < -0.3 is 0 Å². The summed E-state index contributed by atoms with van der Waals surface area (Å²) in [4.78, 5) is 0. The molecule has 0 radical (unpaired) electrons. The molecular weight excluding hydrogens is 577 g/mol. The molecule has 48 heavy (non-hydrogen) atoms. The smallest absolute Gasteiger partial charge is 0.0000703 e. The number of fused-ring (bicyclic) bond motifs is 1. The predicted octanol–water partition coefficient (Wildman–Crippen LogP) is 13.8. The maximum Gasteiger partial charge on any atom is -0.0000703 e. The van der Waals surface area contributed by atoms with Crippen molar-refractivity contribution in [3.8, 4) is 22.3 Å². The molecule has 0 aliphatic carbocycles. The number of rotatable bonds is 2. The van der Waals surface area contributed by atoms with Crippen LogP contribution in [0.5, 0.6) is 0 Å². The Morgan fingerprint density at radius 2 is 0.604 bits per heavy atom. The number of aryl methyl sites for hydroxylation is 6. The third-order valence-corrected chi connectivity index (χ3v) is 11.8. The van der Waals surface area contributed by atoms with Gasteiger partial charge in [0.25, 0.3) is 0 Å². The average molecular weight is 611 g/mol. The summed E-state index contributed by atoms with van der Waals surface area (Å²) in [6.07, 6.45) is 0. The van der Waals surface area contributed by atoms with Crippen molar-refractivity contribution in [2.24, 2.45) is 0 Å². The molecule has 226 valence electrons. The Morgan fingerprint density at radius 1 is 0.271 bits per heavy atom. The summed E-state index contributed by atoms with van der Waals surface area (Å²) >= 11 is 0. The van der Waals surface area contributed by atoms with Crippen LogP contribution in [0.25, 0.3) is 108 Å². The lowest BCUT2D eigenvalue weighted by molar-refractivity contribution is 1.33. The first-order valence-corrected chi connectivity index (χ1v) is 17.3. The molecule has 0 amide bonds. The van der Waals surface area contributed by atoms with Gasteiger partial charge in [0.2, 0.25) is 0 Å². The average Bonchev–Trinajstić information content (AvgIpc) is 3.06. The van der Waals surface area contributed by atoms with Gasteiger partial charge in [-0.15, -0.1) is 0 Å². The van der Waals surface area contributed by atoms with E-state index in [1.54, 1.807) is 0 Å². The Kier molecular flexibility index (Phi) is 4.82. The lowest BCUT2D eigenvalue weighted by Crippen LogP contribution is -2.00. The van der Waals surface area contributed by atoms with Gasteiger partial charge in [-0.3, -0.25) is 0 Å². The monoisotopic (exact) mass is 610 g/mol. The first-order chi connectivity index (χ1) is 23.3. The van der Waals surface area contributed by atoms with E-state index in [1.807, 2.05) is 0 Å². The van der Waals surface area contributed by atoms with Gasteiger partial charge >= 0.3 is 0 Å². The molecule has 11 aromatic rings. The largest absolute Gasteiger partial charge is 0.0610 e. The molecule has 11 aromatic carbocycles. The zero-order valence-corrected chi connectivity index (χ0v) is 28.2. The van der Waals surface area contributed by atoms with Crippen LogP contribution in [0.3, 0.4) is 0 Å². The second kappa shape index (κ2) is 8.71. The fraction of sp³-hybridized carbons (Fsp3) is 0.125. The molecule has 0 fully saturated rings. The standard InChI is InChI=1S/C48H34/c1-23-19-25(3)37(26(4)20-23)43-33-11-7-9-31-32-10-8-12-34-42(32)48-46-36(44(34)38-27(5)21-24(2)22-28(38)6)18-16-30-14-13-29-15-17-35(43)45(39(29)40(30)46)47(48)41(31)33/h7-22H,1-6H3. The van der Waals surface area contributed by atoms with E-state index in [4.69, 9.17) is 0 Å². The minimum atomic E-state index is 1.32. The summed E-state index contributed by atoms with van der Waals surface area (Å²) in [5.74, 6) is 0. The molecule has 0 heterocycles. The molecule has 0 aliphatic rings. The molecule has 0 unspecified atom stereocenters. The van der Waals surface area contributed by atoms with Crippen molar-refractivity contribution in [2.75, 3.05) is 0 Å². The van der Waals surface area contributed by atoms with Crippen LogP contribution in [0.4, 0.5) is 0 Å². The summed E-state index contributed by atoms with van der Waals surface area (Å²) in [5.41, 5.74) is 13.6. The molecule has 0 heteroatoms. The topological polar surface area (TPSA) is 0 Å².